The zero-order valence-electron chi connectivity index (χ0n) is 11.0. The number of aromatic amines is 1. The molecule has 0 unspecified atom stereocenters. The van der Waals surface area contributed by atoms with Crippen LogP contribution in [0.25, 0.3) is 11.0 Å². The van der Waals surface area contributed by atoms with Crippen LogP contribution in [-0.4, -0.2) is 20.2 Å². The molecule has 6 nitrogen and oxygen atoms in total. The van der Waals surface area contributed by atoms with Crippen molar-refractivity contribution in [3.63, 3.8) is 0 Å². The molecule has 1 aromatic carbocycles. The predicted molar refractivity (Wildman–Crippen MR) is 72.4 cm³/mol. The van der Waals surface area contributed by atoms with Crippen molar-refractivity contribution in [2.45, 2.75) is 13.8 Å². The molecule has 6 heteroatoms. The first-order valence-corrected chi connectivity index (χ1v) is 6.02. The number of nitrogens with one attached hydrogen (secondary N) is 1. The molecule has 0 spiro atoms. The maximum Gasteiger partial charge on any atom is 0.233 e. The van der Waals surface area contributed by atoms with Crippen molar-refractivity contribution in [1.82, 2.24) is 20.2 Å². The van der Waals surface area contributed by atoms with E-state index in [9.17, 15) is 0 Å². The summed E-state index contributed by atoms with van der Waals surface area (Å²) >= 11 is 0. The lowest BCUT2D eigenvalue weighted by molar-refractivity contribution is 0.461. The molecule has 0 amide bonds. The number of hydrogen-bond donors (Lipinski definition) is 1. The Kier molecular flexibility index (Phi) is 2.80. The maximum absolute atomic E-state index is 8.96. The van der Waals surface area contributed by atoms with Crippen LogP contribution in [-0.2, 0) is 0 Å². The van der Waals surface area contributed by atoms with Gasteiger partial charge in [0.25, 0.3) is 0 Å². The van der Waals surface area contributed by atoms with Crippen molar-refractivity contribution in [1.29, 1.82) is 5.26 Å². The zero-order chi connectivity index (χ0) is 14.1. The second-order valence-corrected chi connectivity index (χ2v) is 4.46. The van der Waals surface area contributed by atoms with Gasteiger partial charge >= 0.3 is 0 Å². The average molecular weight is 265 g/mol. The quantitative estimate of drug-likeness (QED) is 0.769. The highest BCUT2D eigenvalue weighted by molar-refractivity contribution is 5.79. The highest BCUT2D eigenvalue weighted by atomic mass is 16.5. The van der Waals surface area contributed by atoms with Crippen LogP contribution in [0.15, 0.2) is 24.7 Å². The lowest BCUT2D eigenvalue weighted by atomic mass is 10.1. The van der Waals surface area contributed by atoms with Gasteiger partial charge in [-0.05, 0) is 37.1 Å². The second kappa shape index (κ2) is 4.63. The van der Waals surface area contributed by atoms with Crippen molar-refractivity contribution in [3.8, 4) is 17.7 Å². The van der Waals surface area contributed by atoms with Crippen molar-refractivity contribution < 1.29 is 4.74 Å². The number of aryl methyl sites for hydroxylation is 2. The number of nitrogens with zero attached hydrogens (tertiary/aromatic N) is 4. The molecule has 0 saturated carbocycles. The van der Waals surface area contributed by atoms with Gasteiger partial charge in [-0.15, -0.1) is 0 Å². The summed E-state index contributed by atoms with van der Waals surface area (Å²) < 4.78 is 5.89. The summed E-state index contributed by atoms with van der Waals surface area (Å²) in [5, 5.41) is 16.4. The monoisotopic (exact) mass is 265 g/mol. The number of H-pyrrole nitrogens is 1. The van der Waals surface area contributed by atoms with Gasteiger partial charge in [0.15, 0.2) is 5.65 Å². The molecule has 0 saturated heterocycles. The third-order valence-corrected chi connectivity index (χ3v) is 3.00. The van der Waals surface area contributed by atoms with E-state index in [2.05, 4.69) is 26.2 Å². The Labute approximate surface area is 115 Å². The third kappa shape index (κ3) is 1.95. The summed E-state index contributed by atoms with van der Waals surface area (Å²) in [6.45, 7) is 3.80. The first kappa shape index (κ1) is 12.1. The van der Waals surface area contributed by atoms with Crippen LogP contribution < -0.4 is 4.74 Å². The van der Waals surface area contributed by atoms with Crippen molar-refractivity contribution >= 4 is 11.0 Å². The van der Waals surface area contributed by atoms with Crippen molar-refractivity contribution in [3.05, 3.63) is 41.3 Å². The first-order chi connectivity index (χ1) is 9.69. The van der Waals surface area contributed by atoms with Crippen LogP contribution >= 0.6 is 0 Å². The summed E-state index contributed by atoms with van der Waals surface area (Å²) in [6.07, 6.45) is 3.04. The van der Waals surface area contributed by atoms with E-state index in [1.54, 1.807) is 18.3 Å². The molecule has 0 radical (unpaired) electrons. The number of benzene rings is 1. The van der Waals surface area contributed by atoms with E-state index >= 15 is 0 Å². The van der Waals surface area contributed by atoms with Crippen LogP contribution in [0.1, 0.15) is 16.7 Å². The molecule has 1 N–H and O–H groups in total. The van der Waals surface area contributed by atoms with Crippen LogP contribution in [0.5, 0.6) is 11.6 Å². The fourth-order valence-electron chi connectivity index (χ4n) is 2.10. The number of rotatable bonds is 2. The lowest BCUT2D eigenvalue weighted by Crippen LogP contribution is -1.95. The number of aromatic nitrogens is 4. The molecule has 20 heavy (non-hydrogen) atoms. The summed E-state index contributed by atoms with van der Waals surface area (Å²) in [5.74, 6) is 1.14. The van der Waals surface area contributed by atoms with E-state index in [4.69, 9.17) is 10.00 Å². The Morgan fingerprint density at radius 3 is 2.65 bits per heavy atom. The Morgan fingerprint density at radius 1 is 1.20 bits per heavy atom. The Bertz CT molecular complexity index is 808. The summed E-state index contributed by atoms with van der Waals surface area (Å²) in [4.78, 5) is 8.20. The van der Waals surface area contributed by atoms with Crippen molar-refractivity contribution in [2.24, 2.45) is 0 Å². The average Bonchev–Trinajstić information content (AvgIpc) is 2.91. The van der Waals surface area contributed by atoms with Crippen LogP contribution in [0.4, 0.5) is 0 Å². The molecule has 2 heterocycles. The van der Waals surface area contributed by atoms with Crippen LogP contribution in [0, 0.1) is 25.2 Å². The fraction of sp³-hybridized carbons (Fsp3) is 0.143. The highest BCUT2D eigenvalue weighted by Crippen LogP contribution is 2.31. The molecular formula is C14H11N5O. The van der Waals surface area contributed by atoms with Gasteiger partial charge in [-0.3, -0.25) is 5.10 Å². The van der Waals surface area contributed by atoms with E-state index in [-0.39, 0.29) is 0 Å². The minimum Gasteiger partial charge on any atom is -0.438 e. The van der Waals surface area contributed by atoms with Gasteiger partial charge in [-0.1, -0.05) is 0 Å². The van der Waals surface area contributed by atoms with Crippen LogP contribution in [0.3, 0.4) is 0 Å². The van der Waals surface area contributed by atoms with Crippen LogP contribution in [0.2, 0.25) is 0 Å². The normalized spacial score (nSPS) is 10.4. The minimum absolute atomic E-state index is 0.444. The lowest BCUT2D eigenvalue weighted by Gasteiger charge is -2.11. The SMILES string of the molecule is Cc1cc(C#N)cc(C)c1Oc1ncnc2[nH]ncc12. The van der Waals surface area contributed by atoms with E-state index in [0.717, 1.165) is 16.5 Å². The number of nitriles is 1. The summed E-state index contributed by atoms with van der Waals surface area (Å²) in [5.41, 5.74) is 3.01. The predicted octanol–water partition coefficient (Wildman–Crippen LogP) is 2.63. The molecule has 2 aromatic heterocycles. The number of hydrogen-bond acceptors (Lipinski definition) is 5. The van der Waals surface area contributed by atoms with E-state index in [1.165, 1.54) is 6.33 Å². The number of ether oxygens (including phenoxy) is 1. The molecule has 0 fully saturated rings. The molecule has 3 rings (SSSR count). The third-order valence-electron chi connectivity index (χ3n) is 3.00. The minimum atomic E-state index is 0.444. The largest absolute Gasteiger partial charge is 0.438 e. The second-order valence-electron chi connectivity index (χ2n) is 4.46. The topological polar surface area (TPSA) is 87.5 Å². The Hall–Kier alpha value is -2.94. The van der Waals surface area contributed by atoms with Gasteiger partial charge in [0, 0.05) is 0 Å². The van der Waals surface area contributed by atoms with Crippen molar-refractivity contribution in [2.75, 3.05) is 0 Å². The molecule has 0 bridgehead atoms. The molecule has 3 aromatic rings. The molecule has 98 valence electrons. The maximum atomic E-state index is 8.96. The van der Waals surface area contributed by atoms with Gasteiger partial charge in [0.2, 0.25) is 5.88 Å². The fourth-order valence-corrected chi connectivity index (χ4v) is 2.10. The molecular weight excluding hydrogens is 254 g/mol. The van der Waals surface area contributed by atoms with Gasteiger partial charge < -0.3 is 4.74 Å². The number of fused-ring (bicyclic) bond motifs is 1. The Balaban J connectivity index is 2.08. The highest BCUT2D eigenvalue weighted by Gasteiger charge is 2.12. The summed E-state index contributed by atoms with van der Waals surface area (Å²) in [7, 11) is 0. The summed E-state index contributed by atoms with van der Waals surface area (Å²) in [6, 6.07) is 5.70. The van der Waals surface area contributed by atoms with Gasteiger partial charge in [0.05, 0.1) is 17.8 Å². The van der Waals surface area contributed by atoms with E-state index < -0.39 is 0 Å². The first-order valence-electron chi connectivity index (χ1n) is 6.02. The van der Waals surface area contributed by atoms with E-state index in [0.29, 0.717) is 22.8 Å². The molecule has 0 aliphatic heterocycles. The van der Waals surface area contributed by atoms with Gasteiger partial charge in [-0.25, -0.2) is 9.97 Å². The zero-order valence-corrected chi connectivity index (χ0v) is 11.0. The Morgan fingerprint density at radius 2 is 1.95 bits per heavy atom. The van der Waals surface area contributed by atoms with E-state index in [1.807, 2.05) is 13.8 Å². The standard InChI is InChI=1S/C14H11N5O/c1-8-3-10(5-15)4-9(2)12(8)20-14-11-6-18-19-13(11)16-7-17-14/h3-4,6-7H,1-2H3,(H,16,17,18,19). The molecule has 0 aliphatic rings. The molecule has 0 aliphatic carbocycles. The van der Waals surface area contributed by atoms with Gasteiger partial charge in [0.1, 0.15) is 17.5 Å². The smallest absolute Gasteiger partial charge is 0.233 e. The molecule has 0 atom stereocenters. The van der Waals surface area contributed by atoms with Gasteiger partial charge in [-0.2, -0.15) is 10.4 Å².